The zero-order valence-corrected chi connectivity index (χ0v) is 7.02. The van der Waals surface area contributed by atoms with Crippen molar-refractivity contribution in [3.63, 3.8) is 0 Å². The van der Waals surface area contributed by atoms with E-state index >= 15 is 0 Å². The van der Waals surface area contributed by atoms with Crippen LogP contribution in [0.5, 0.6) is 0 Å². The van der Waals surface area contributed by atoms with Crippen LogP contribution in [0.15, 0.2) is 22.9 Å². The Morgan fingerprint density at radius 1 is 1.20 bits per heavy atom. The molecule has 1 aromatic rings. The van der Waals surface area contributed by atoms with Crippen molar-refractivity contribution in [3.8, 4) is 0 Å². The normalized spacial score (nSPS) is 7.40. The number of hydrogen-bond donors (Lipinski definition) is 1. The number of hydrogen-bond acceptors (Lipinski definition) is 4. The quantitative estimate of drug-likeness (QED) is 0.225. The summed E-state index contributed by atoms with van der Waals surface area (Å²) in [5.74, 6) is 0. The van der Waals surface area contributed by atoms with Crippen LogP contribution in [0.25, 0.3) is 0 Å². The van der Waals surface area contributed by atoms with Crippen LogP contribution in [-0.4, -0.2) is 4.55 Å². The Morgan fingerprint density at radius 3 is 1.60 bits per heavy atom. The van der Waals surface area contributed by atoms with E-state index < -0.39 is 11.0 Å². The summed E-state index contributed by atoms with van der Waals surface area (Å²) in [5.41, 5.74) is 0. The molecule has 10 heavy (non-hydrogen) atoms. The van der Waals surface area contributed by atoms with Crippen LogP contribution < -0.4 is 18.9 Å². The fourth-order valence-corrected chi connectivity index (χ4v) is 0.680. The van der Waals surface area contributed by atoms with Gasteiger partial charge in [-0.2, -0.15) is 11.3 Å². The third kappa shape index (κ3) is 15.7. The van der Waals surface area contributed by atoms with Crippen LogP contribution in [0.2, 0.25) is 0 Å². The minimum atomic E-state index is -2.86. The van der Waals surface area contributed by atoms with E-state index in [1.54, 1.807) is 11.3 Å². The van der Waals surface area contributed by atoms with Crippen molar-refractivity contribution in [3.05, 3.63) is 22.9 Å². The molecule has 1 rings (SSSR count). The molecule has 1 aromatic heterocycles. The second-order valence-corrected chi connectivity index (χ2v) is 2.26. The van der Waals surface area contributed by atoms with Crippen LogP contribution in [0.1, 0.15) is 0 Å². The Kier molecular flexibility index (Phi) is 11.8. The fraction of sp³-hybridized carbons (Fsp3) is 0. The maximum atomic E-state index is 8.56. The van der Waals surface area contributed by atoms with Gasteiger partial charge in [0.1, 0.15) is 0 Å². The van der Waals surface area contributed by atoms with Crippen molar-refractivity contribution in [2.24, 2.45) is 0 Å². The van der Waals surface area contributed by atoms with Crippen molar-refractivity contribution < 1.29 is 31.8 Å². The van der Waals surface area contributed by atoms with Gasteiger partial charge in [0.05, 0.1) is 0 Å². The first-order chi connectivity index (χ1) is 4.23. The third-order valence-corrected chi connectivity index (χ3v) is 1.05. The summed E-state index contributed by atoms with van der Waals surface area (Å²) in [6, 6.07) is 4.04. The van der Waals surface area contributed by atoms with Crippen molar-refractivity contribution in [2.75, 3.05) is 0 Å². The molecule has 0 aliphatic rings. The molecule has 0 saturated heterocycles. The molecule has 0 saturated carbocycles. The monoisotopic (exact) mass is 172 g/mol. The molecule has 0 unspecified atom stereocenters. The van der Waals surface area contributed by atoms with Gasteiger partial charge in [-0.15, -0.1) is 0 Å². The van der Waals surface area contributed by atoms with E-state index in [1.165, 1.54) is 0 Å². The van der Waals surface area contributed by atoms with Gasteiger partial charge in [0.2, 0.25) is 0 Å². The largest absolute Gasteiger partial charge is 1.00 e. The van der Waals surface area contributed by atoms with Gasteiger partial charge in [-0.3, -0.25) is 0 Å². The second-order valence-electron chi connectivity index (χ2n) is 1.01. The molecule has 0 aromatic carbocycles. The molecule has 0 bridgehead atoms. The average molecular weight is 172 g/mol. The molecule has 0 amide bonds. The van der Waals surface area contributed by atoms with Gasteiger partial charge in [0.25, 0.3) is 0 Å². The van der Waals surface area contributed by atoms with Crippen LogP contribution in [0.3, 0.4) is 0 Å². The predicted molar refractivity (Wildman–Crippen MR) is 35.7 cm³/mol. The van der Waals surface area contributed by atoms with Crippen molar-refractivity contribution >= 4 is 22.3 Å². The summed E-state index contributed by atoms with van der Waals surface area (Å²) in [6.07, 6.45) is 0. The van der Waals surface area contributed by atoms with E-state index in [9.17, 15) is 0 Å². The summed E-state index contributed by atoms with van der Waals surface area (Å²) >= 11 is 1.71. The van der Waals surface area contributed by atoms with Crippen molar-refractivity contribution in [1.29, 1.82) is 0 Å². The molecule has 1 heterocycles. The summed E-state index contributed by atoms with van der Waals surface area (Å²) in [5, 5.41) is 4.08. The van der Waals surface area contributed by atoms with Gasteiger partial charge in [-0.1, -0.05) is 12.1 Å². The fourth-order valence-electron chi connectivity index (χ4n) is 0.227. The molecule has 0 aliphatic heterocycles. The Labute approximate surface area is 77.0 Å². The van der Waals surface area contributed by atoms with Crippen molar-refractivity contribution in [2.45, 2.75) is 0 Å². The molecule has 0 atom stereocenters. The molecule has 0 spiro atoms. The molecule has 0 fully saturated rings. The summed E-state index contributed by atoms with van der Waals surface area (Å²) in [4.78, 5) is 0. The molecule has 0 aliphatic carbocycles. The predicted octanol–water partition coefficient (Wildman–Crippen LogP) is -1.48. The van der Waals surface area contributed by atoms with E-state index in [4.69, 9.17) is 13.0 Å². The van der Waals surface area contributed by atoms with Gasteiger partial charge >= 0.3 is 18.9 Å². The van der Waals surface area contributed by atoms with Gasteiger partial charge < -0.3 is 13.0 Å². The Bertz CT molecular complexity index is 169. The molecule has 3 nitrogen and oxygen atoms in total. The first-order valence-corrected chi connectivity index (χ1v) is 3.96. The van der Waals surface area contributed by atoms with Gasteiger partial charge in [-0.25, -0.2) is 0 Å². The van der Waals surface area contributed by atoms with Crippen molar-refractivity contribution in [1.82, 2.24) is 0 Å². The van der Waals surface area contributed by atoms with E-state index in [0.717, 1.165) is 0 Å². The molecule has 0 radical (unpaired) electrons. The standard InChI is InChI=1S/C4H4S.Li.HO3S/c1-2-4-5-3-1;;1-4(2)3/h1-4H;;(H,1,2,3)/q;+1;-1. The van der Waals surface area contributed by atoms with Gasteiger partial charge in [0.15, 0.2) is 0 Å². The first-order valence-electron chi connectivity index (χ1n) is 1.99. The topological polar surface area (TPSA) is 54.4 Å². The Hall–Kier alpha value is 0.207. The SMILES string of the molecule is O=[S-](=O)O.[Li+].c1ccsc1. The minimum absolute atomic E-state index is 0. The molecule has 6 heteroatoms. The van der Waals surface area contributed by atoms with Gasteiger partial charge in [0, 0.05) is 11.0 Å². The van der Waals surface area contributed by atoms with E-state index in [0.29, 0.717) is 0 Å². The zero-order chi connectivity index (χ0) is 7.11. The maximum absolute atomic E-state index is 8.56. The first kappa shape index (κ1) is 12.8. The smallest absolute Gasteiger partial charge is 0.439 e. The Balaban J connectivity index is 0. The van der Waals surface area contributed by atoms with Crippen LogP contribution >= 0.6 is 11.3 Å². The molecular formula is C4H5LiO3S2. The Morgan fingerprint density at radius 2 is 1.50 bits per heavy atom. The number of rotatable bonds is 0. The molecular weight excluding hydrogens is 167 g/mol. The zero-order valence-electron chi connectivity index (χ0n) is 5.39. The molecule has 1 N–H and O–H groups in total. The minimum Gasteiger partial charge on any atom is -0.439 e. The van der Waals surface area contributed by atoms with Crippen LogP contribution in [0.4, 0.5) is 0 Å². The van der Waals surface area contributed by atoms with E-state index in [2.05, 4.69) is 0 Å². The second kappa shape index (κ2) is 9.21. The van der Waals surface area contributed by atoms with E-state index in [-0.39, 0.29) is 18.9 Å². The van der Waals surface area contributed by atoms with Crippen LogP contribution in [-0.2, 0) is 19.4 Å². The average Bonchev–Trinajstić information content (AvgIpc) is 2.11. The maximum Gasteiger partial charge on any atom is 1.00 e. The summed E-state index contributed by atoms with van der Waals surface area (Å²) in [7, 11) is -2.86. The van der Waals surface area contributed by atoms with E-state index in [1.807, 2.05) is 22.9 Å². The molecule has 52 valence electrons. The summed E-state index contributed by atoms with van der Waals surface area (Å²) < 4.78 is 24.1. The van der Waals surface area contributed by atoms with Crippen LogP contribution in [0, 0.1) is 0 Å². The summed E-state index contributed by atoms with van der Waals surface area (Å²) in [6.45, 7) is 0. The number of thiophene rings is 1. The van der Waals surface area contributed by atoms with Gasteiger partial charge in [-0.05, 0) is 10.8 Å². The third-order valence-electron chi connectivity index (χ3n) is 0.425.